The molecule has 2 N–H and O–H groups in total. The fraction of sp³-hybridized carbons (Fsp3) is 0.462. The molecule has 1 aromatic rings. The van der Waals surface area contributed by atoms with Crippen molar-refractivity contribution < 1.29 is 14.1 Å². The van der Waals surface area contributed by atoms with E-state index in [2.05, 4.69) is 0 Å². The van der Waals surface area contributed by atoms with Crippen LogP contribution < -0.4 is 5.73 Å². The van der Waals surface area contributed by atoms with Crippen LogP contribution in [-0.2, 0) is 0 Å². The maximum absolute atomic E-state index is 13.4. The zero-order valence-corrected chi connectivity index (χ0v) is 10.9. The second-order valence-corrected chi connectivity index (χ2v) is 4.84. The first-order chi connectivity index (χ1) is 9.52. The fourth-order valence-electron chi connectivity index (χ4n) is 2.48. The van der Waals surface area contributed by atoms with Gasteiger partial charge in [-0.1, -0.05) is 0 Å². The van der Waals surface area contributed by atoms with Crippen molar-refractivity contribution in [3.63, 3.8) is 0 Å². The maximum atomic E-state index is 13.4. The number of carbonyl (C=O) groups is 1. The van der Waals surface area contributed by atoms with Crippen LogP contribution in [0.1, 0.15) is 29.6 Å². The molecule has 1 aromatic carbocycles. The van der Waals surface area contributed by atoms with Gasteiger partial charge in [-0.3, -0.25) is 14.9 Å². The van der Waals surface area contributed by atoms with Crippen molar-refractivity contribution in [2.45, 2.75) is 25.3 Å². The van der Waals surface area contributed by atoms with Crippen molar-refractivity contribution in [3.05, 3.63) is 39.7 Å². The van der Waals surface area contributed by atoms with Crippen molar-refractivity contribution in [1.29, 1.82) is 0 Å². The van der Waals surface area contributed by atoms with E-state index in [9.17, 15) is 19.3 Å². The highest BCUT2D eigenvalue weighted by atomic mass is 19.1. The van der Waals surface area contributed by atoms with E-state index in [1.54, 1.807) is 4.90 Å². The van der Waals surface area contributed by atoms with Gasteiger partial charge >= 0.3 is 0 Å². The van der Waals surface area contributed by atoms with Gasteiger partial charge in [-0.2, -0.15) is 0 Å². The first kappa shape index (κ1) is 14.4. The minimum Gasteiger partial charge on any atom is -0.334 e. The highest BCUT2D eigenvalue weighted by Gasteiger charge is 2.27. The van der Waals surface area contributed by atoms with Crippen molar-refractivity contribution in [1.82, 2.24) is 4.90 Å². The van der Waals surface area contributed by atoms with Crippen molar-refractivity contribution >= 4 is 11.6 Å². The van der Waals surface area contributed by atoms with Gasteiger partial charge in [-0.25, -0.2) is 4.39 Å². The van der Waals surface area contributed by atoms with Gasteiger partial charge in [0.2, 0.25) is 0 Å². The van der Waals surface area contributed by atoms with Crippen LogP contribution in [0.4, 0.5) is 10.1 Å². The molecule has 0 radical (unpaired) electrons. The van der Waals surface area contributed by atoms with Crippen LogP contribution in [0, 0.1) is 15.9 Å². The van der Waals surface area contributed by atoms with E-state index in [0.717, 1.165) is 37.5 Å². The highest BCUT2D eigenvalue weighted by Crippen LogP contribution is 2.22. The van der Waals surface area contributed by atoms with Crippen molar-refractivity contribution in [2.24, 2.45) is 5.73 Å². The molecule has 1 aliphatic heterocycles. The van der Waals surface area contributed by atoms with Gasteiger partial charge in [0.25, 0.3) is 11.6 Å². The molecule has 1 heterocycles. The van der Waals surface area contributed by atoms with Crippen LogP contribution >= 0.6 is 0 Å². The predicted molar refractivity (Wildman–Crippen MR) is 70.8 cm³/mol. The minimum atomic E-state index is -0.788. The highest BCUT2D eigenvalue weighted by molar-refractivity contribution is 5.95. The lowest BCUT2D eigenvalue weighted by molar-refractivity contribution is -0.385. The molecule has 7 heteroatoms. The average Bonchev–Trinajstić information content (AvgIpc) is 2.45. The smallest absolute Gasteiger partial charge is 0.273 e. The van der Waals surface area contributed by atoms with Gasteiger partial charge in [0, 0.05) is 30.8 Å². The molecule has 1 saturated heterocycles. The molecule has 0 saturated carbocycles. The summed E-state index contributed by atoms with van der Waals surface area (Å²) in [5.74, 6) is -1.19. The summed E-state index contributed by atoms with van der Waals surface area (Å²) in [6.07, 6.45) is 2.66. The molecule has 0 spiro atoms. The summed E-state index contributed by atoms with van der Waals surface area (Å²) in [6.45, 7) is 0.883. The van der Waals surface area contributed by atoms with Gasteiger partial charge in [0.1, 0.15) is 5.82 Å². The lowest BCUT2D eigenvalue weighted by Gasteiger charge is -2.35. The molecule has 0 aliphatic carbocycles. The van der Waals surface area contributed by atoms with Gasteiger partial charge in [-0.05, 0) is 25.3 Å². The predicted octanol–water partition coefficient (Wildman–Crippen LogP) is 1.69. The number of halogens is 1. The van der Waals surface area contributed by atoms with E-state index >= 15 is 0 Å². The Kier molecular flexibility index (Phi) is 4.29. The molecule has 0 aromatic heterocycles. The van der Waals surface area contributed by atoms with E-state index < -0.39 is 22.3 Å². The Hall–Kier alpha value is -2.02. The van der Waals surface area contributed by atoms with E-state index in [4.69, 9.17) is 5.73 Å². The molecule has 1 amide bonds. The number of nitro benzene ring substituents is 1. The van der Waals surface area contributed by atoms with E-state index in [-0.39, 0.29) is 11.6 Å². The molecule has 1 atom stereocenters. The lowest BCUT2D eigenvalue weighted by Crippen LogP contribution is -2.47. The Morgan fingerprint density at radius 3 is 2.85 bits per heavy atom. The topological polar surface area (TPSA) is 89.5 Å². The average molecular weight is 281 g/mol. The van der Waals surface area contributed by atoms with Crippen LogP contribution in [-0.4, -0.2) is 34.9 Å². The molecule has 108 valence electrons. The van der Waals surface area contributed by atoms with Gasteiger partial charge < -0.3 is 10.6 Å². The van der Waals surface area contributed by atoms with Crippen LogP contribution in [0.2, 0.25) is 0 Å². The largest absolute Gasteiger partial charge is 0.334 e. The third-order valence-corrected chi connectivity index (χ3v) is 3.50. The van der Waals surface area contributed by atoms with Crippen LogP contribution in [0.25, 0.3) is 0 Å². The number of likely N-dealkylation sites (tertiary alicyclic amines) is 1. The number of piperidine rings is 1. The molecule has 1 unspecified atom stereocenters. The Labute approximate surface area is 115 Å². The fourth-order valence-corrected chi connectivity index (χ4v) is 2.48. The molecule has 2 rings (SSSR count). The number of benzene rings is 1. The summed E-state index contributed by atoms with van der Waals surface area (Å²) >= 11 is 0. The third-order valence-electron chi connectivity index (χ3n) is 3.50. The summed E-state index contributed by atoms with van der Waals surface area (Å²) in [4.78, 5) is 24.0. The summed E-state index contributed by atoms with van der Waals surface area (Å²) in [5.41, 5.74) is 5.22. The Balaban J connectivity index is 2.30. The number of carbonyl (C=O) groups excluding carboxylic acids is 1. The molecule has 6 nitrogen and oxygen atoms in total. The normalized spacial score (nSPS) is 18.9. The summed E-state index contributed by atoms with van der Waals surface area (Å²) in [7, 11) is 0. The first-order valence-electron chi connectivity index (χ1n) is 6.49. The number of hydrogen-bond acceptors (Lipinski definition) is 4. The SMILES string of the molecule is NCC1CCCCN1C(=O)c1cc(F)cc([N+](=O)[O-])c1. The number of nitrogens with zero attached hydrogens (tertiary/aromatic N) is 2. The Morgan fingerprint density at radius 2 is 2.20 bits per heavy atom. The van der Waals surface area contributed by atoms with E-state index in [1.807, 2.05) is 0 Å². The Morgan fingerprint density at radius 1 is 1.45 bits per heavy atom. The standard InChI is InChI=1S/C13H16FN3O3/c14-10-5-9(6-12(7-10)17(19)20)13(18)16-4-2-1-3-11(16)8-15/h5-7,11H,1-4,8,15H2. The van der Waals surface area contributed by atoms with Crippen molar-refractivity contribution in [2.75, 3.05) is 13.1 Å². The minimum absolute atomic E-state index is 0.00273. The quantitative estimate of drug-likeness (QED) is 0.674. The van der Waals surface area contributed by atoms with Crippen LogP contribution in [0.5, 0.6) is 0 Å². The monoisotopic (exact) mass is 281 g/mol. The summed E-state index contributed by atoms with van der Waals surface area (Å²) in [5, 5.41) is 10.7. The molecular formula is C13H16FN3O3. The maximum Gasteiger partial charge on any atom is 0.273 e. The molecule has 1 aliphatic rings. The number of non-ortho nitro benzene ring substituents is 1. The number of rotatable bonds is 3. The van der Waals surface area contributed by atoms with Crippen LogP contribution in [0.3, 0.4) is 0 Å². The molecule has 0 bridgehead atoms. The zero-order valence-electron chi connectivity index (χ0n) is 10.9. The number of amides is 1. The number of nitrogens with two attached hydrogens (primary N) is 1. The second kappa shape index (κ2) is 5.96. The van der Waals surface area contributed by atoms with Crippen molar-refractivity contribution in [3.8, 4) is 0 Å². The first-order valence-corrected chi connectivity index (χ1v) is 6.49. The summed E-state index contributed by atoms with van der Waals surface area (Å²) in [6, 6.07) is 2.84. The summed E-state index contributed by atoms with van der Waals surface area (Å²) < 4.78 is 13.4. The molecule has 1 fully saturated rings. The second-order valence-electron chi connectivity index (χ2n) is 4.84. The number of nitro groups is 1. The molecule has 20 heavy (non-hydrogen) atoms. The van der Waals surface area contributed by atoms with Gasteiger partial charge in [0.05, 0.1) is 11.0 Å². The lowest BCUT2D eigenvalue weighted by atomic mass is 10.0. The Bertz CT molecular complexity index is 536. The van der Waals surface area contributed by atoms with Crippen LogP contribution in [0.15, 0.2) is 18.2 Å². The van der Waals surface area contributed by atoms with E-state index in [1.165, 1.54) is 0 Å². The number of hydrogen-bond donors (Lipinski definition) is 1. The van der Waals surface area contributed by atoms with Gasteiger partial charge in [0.15, 0.2) is 0 Å². The van der Waals surface area contributed by atoms with E-state index in [0.29, 0.717) is 13.1 Å². The molecular weight excluding hydrogens is 265 g/mol. The third kappa shape index (κ3) is 2.93. The zero-order chi connectivity index (χ0) is 14.7. The van der Waals surface area contributed by atoms with Gasteiger partial charge in [-0.15, -0.1) is 0 Å².